The van der Waals surface area contributed by atoms with Crippen molar-refractivity contribution in [1.29, 1.82) is 0 Å². The third-order valence-electron chi connectivity index (χ3n) is 2.98. The van der Waals surface area contributed by atoms with E-state index in [0.29, 0.717) is 13.0 Å². The molecule has 0 radical (unpaired) electrons. The lowest BCUT2D eigenvalue weighted by atomic mass is 10.0. The number of carboxylic acid groups (broad SMARTS) is 1. The van der Waals surface area contributed by atoms with Crippen LogP contribution in [0.25, 0.3) is 0 Å². The standard InChI is InChI=1S/C10H19N3O5S/c1-7-3-6-13(8(7)9(14)15)10(16)11-4-5-12-19(2,17)18/h7-8,12H,3-6H2,1-2H3,(H,11,16)(H,14,15). The molecule has 0 bridgehead atoms. The van der Waals surface area contributed by atoms with Crippen LogP contribution in [-0.4, -0.2) is 62.4 Å². The van der Waals surface area contributed by atoms with Gasteiger partial charge in [-0.25, -0.2) is 22.7 Å². The number of hydrogen-bond acceptors (Lipinski definition) is 4. The van der Waals surface area contributed by atoms with Gasteiger partial charge < -0.3 is 15.3 Å². The number of urea groups is 1. The Morgan fingerprint density at radius 1 is 1.37 bits per heavy atom. The van der Waals surface area contributed by atoms with Gasteiger partial charge in [0.25, 0.3) is 0 Å². The zero-order chi connectivity index (χ0) is 14.6. The minimum Gasteiger partial charge on any atom is -0.480 e. The molecule has 2 unspecified atom stereocenters. The van der Waals surface area contributed by atoms with Crippen LogP contribution in [0, 0.1) is 5.92 Å². The number of rotatable bonds is 5. The fourth-order valence-electron chi connectivity index (χ4n) is 2.06. The normalized spacial score (nSPS) is 23.4. The first-order chi connectivity index (χ1) is 8.72. The molecular formula is C10H19N3O5S. The second-order valence-electron chi connectivity index (χ2n) is 4.64. The van der Waals surface area contributed by atoms with Crippen LogP contribution in [0.4, 0.5) is 4.79 Å². The van der Waals surface area contributed by atoms with Gasteiger partial charge >= 0.3 is 12.0 Å². The molecule has 110 valence electrons. The Labute approximate surface area is 112 Å². The first kappa shape index (κ1) is 15.7. The zero-order valence-electron chi connectivity index (χ0n) is 10.9. The van der Waals surface area contributed by atoms with E-state index in [1.165, 1.54) is 4.90 Å². The average Bonchev–Trinajstić information content (AvgIpc) is 2.65. The van der Waals surface area contributed by atoms with E-state index in [9.17, 15) is 18.0 Å². The maximum atomic E-state index is 11.8. The monoisotopic (exact) mass is 293 g/mol. The predicted octanol–water partition coefficient (Wildman–Crippen LogP) is -0.960. The summed E-state index contributed by atoms with van der Waals surface area (Å²) in [5.74, 6) is -1.10. The van der Waals surface area contributed by atoms with E-state index in [-0.39, 0.29) is 19.0 Å². The van der Waals surface area contributed by atoms with Crippen molar-refractivity contribution in [2.75, 3.05) is 25.9 Å². The summed E-state index contributed by atoms with van der Waals surface area (Å²) in [5, 5.41) is 11.6. The highest BCUT2D eigenvalue weighted by Gasteiger charge is 2.39. The summed E-state index contributed by atoms with van der Waals surface area (Å²) in [4.78, 5) is 24.2. The van der Waals surface area contributed by atoms with Gasteiger partial charge in [-0.3, -0.25) is 0 Å². The van der Waals surface area contributed by atoms with E-state index in [4.69, 9.17) is 5.11 Å². The largest absolute Gasteiger partial charge is 0.480 e. The SMILES string of the molecule is CC1CCN(C(=O)NCCNS(C)(=O)=O)C1C(=O)O. The van der Waals surface area contributed by atoms with Crippen molar-refractivity contribution in [2.24, 2.45) is 5.92 Å². The second-order valence-corrected chi connectivity index (χ2v) is 6.47. The molecule has 1 aliphatic rings. The molecule has 2 atom stereocenters. The maximum absolute atomic E-state index is 11.8. The summed E-state index contributed by atoms with van der Waals surface area (Å²) in [7, 11) is -3.28. The molecule has 0 aromatic heterocycles. The Hall–Kier alpha value is -1.35. The number of nitrogens with one attached hydrogen (secondary N) is 2. The second kappa shape index (κ2) is 6.20. The van der Waals surface area contributed by atoms with Crippen LogP contribution in [-0.2, 0) is 14.8 Å². The summed E-state index contributed by atoms with van der Waals surface area (Å²) in [6.07, 6.45) is 1.67. The van der Waals surface area contributed by atoms with Crippen molar-refractivity contribution in [3.63, 3.8) is 0 Å². The lowest BCUT2D eigenvalue weighted by Gasteiger charge is -2.23. The van der Waals surface area contributed by atoms with E-state index >= 15 is 0 Å². The highest BCUT2D eigenvalue weighted by Crippen LogP contribution is 2.23. The van der Waals surface area contributed by atoms with Crippen LogP contribution in [0.3, 0.4) is 0 Å². The van der Waals surface area contributed by atoms with E-state index < -0.39 is 28.1 Å². The van der Waals surface area contributed by atoms with Gasteiger partial charge in [-0.15, -0.1) is 0 Å². The van der Waals surface area contributed by atoms with E-state index in [0.717, 1.165) is 6.26 Å². The molecule has 0 aliphatic carbocycles. The van der Waals surface area contributed by atoms with Gasteiger partial charge in [0, 0.05) is 19.6 Å². The summed E-state index contributed by atoms with van der Waals surface area (Å²) >= 11 is 0. The van der Waals surface area contributed by atoms with Crippen molar-refractivity contribution in [1.82, 2.24) is 14.9 Å². The number of likely N-dealkylation sites (tertiary alicyclic amines) is 1. The minimum absolute atomic E-state index is 0.0751. The van der Waals surface area contributed by atoms with Crippen molar-refractivity contribution in [3.05, 3.63) is 0 Å². The number of carbonyl (C=O) groups excluding carboxylic acids is 1. The van der Waals surface area contributed by atoms with E-state index in [2.05, 4.69) is 10.0 Å². The highest BCUT2D eigenvalue weighted by atomic mass is 32.2. The van der Waals surface area contributed by atoms with Crippen LogP contribution >= 0.6 is 0 Å². The number of carboxylic acids is 1. The van der Waals surface area contributed by atoms with Crippen LogP contribution in [0.2, 0.25) is 0 Å². The smallest absolute Gasteiger partial charge is 0.326 e. The summed E-state index contributed by atoms with van der Waals surface area (Å²) in [6, 6.07) is -1.30. The fourth-order valence-corrected chi connectivity index (χ4v) is 2.53. The van der Waals surface area contributed by atoms with Crippen LogP contribution in [0.15, 0.2) is 0 Å². The number of carbonyl (C=O) groups is 2. The maximum Gasteiger partial charge on any atom is 0.326 e. The molecule has 1 heterocycles. The molecular weight excluding hydrogens is 274 g/mol. The lowest BCUT2D eigenvalue weighted by molar-refractivity contribution is -0.142. The van der Waals surface area contributed by atoms with Crippen LogP contribution in [0.5, 0.6) is 0 Å². The van der Waals surface area contributed by atoms with Gasteiger partial charge in [-0.1, -0.05) is 6.92 Å². The topological polar surface area (TPSA) is 116 Å². The number of nitrogens with zero attached hydrogens (tertiary/aromatic N) is 1. The fraction of sp³-hybridized carbons (Fsp3) is 0.800. The van der Waals surface area contributed by atoms with Gasteiger partial charge in [-0.05, 0) is 12.3 Å². The molecule has 0 spiro atoms. The number of amides is 2. The third-order valence-corrected chi connectivity index (χ3v) is 3.71. The molecule has 0 aromatic carbocycles. The Bertz CT molecular complexity index is 450. The Morgan fingerprint density at radius 3 is 2.53 bits per heavy atom. The van der Waals surface area contributed by atoms with Gasteiger partial charge in [-0.2, -0.15) is 0 Å². The Morgan fingerprint density at radius 2 is 2.00 bits per heavy atom. The molecule has 8 nitrogen and oxygen atoms in total. The van der Waals surface area contributed by atoms with Gasteiger partial charge in [0.05, 0.1) is 6.26 Å². The van der Waals surface area contributed by atoms with Gasteiger partial charge in [0.1, 0.15) is 6.04 Å². The molecule has 0 aromatic rings. The quantitative estimate of drug-likeness (QED) is 0.565. The first-order valence-corrected chi connectivity index (χ1v) is 7.83. The summed E-state index contributed by atoms with van der Waals surface area (Å²) in [6.45, 7) is 2.37. The van der Waals surface area contributed by atoms with Crippen molar-refractivity contribution in [3.8, 4) is 0 Å². The highest BCUT2D eigenvalue weighted by molar-refractivity contribution is 7.88. The lowest BCUT2D eigenvalue weighted by Crippen LogP contribution is -2.48. The van der Waals surface area contributed by atoms with Gasteiger partial charge in [0.2, 0.25) is 10.0 Å². The third kappa shape index (κ3) is 4.67. The summed E-state index contributed by atoms with van der Waals surface area (Å²) < 4.78 is 23.8. The van der Waals surface area contributed by atoms with Gasteiger partial charge in [0.15, 0.2) is 0 Å². The molecule has 1 rings (SSSR count). The van der Waals surface area contributed by atoms with Crippen LogP contribution in [0.1, 0.15) is 13.3 Å². The molecule has 1 fully saturated rings. The molecule has 2 amide bonds. The van der Waals surface area contributed by atoms with Crippen molar-refractivity contribution >= 4 is 22.0 Å². The molecule has 1 aliphatic heterocycles. The van der Waals surface area contributed by atoms with E-state index in [1.807, 2.05) is 0 Å². The average molecular weight is 293 g/mol. The minimum atomic E-state index is -3.28. The Kier molecular flexibility index (Phi) is 5.12. The number of aliphatic carboxylic acids is 1. The first-order valence-electron chi connectivity index (χ1n) is 5.94. The molecule has 3 N–H and O–H groups in total. The number of hydrogen-bond donors (Lipinski definition) is 3. The van der Waals surface area contributed by atoms with Crippen LogP contribution < -0.4 is 10.0 Å². The number of sulfonamides is 1. The van der Waals surface area contributed by atoms with Crippen molar-refractivity contribution < 1.29 is 23.1 Å². The van der Waals surface area contributed by atoms with E-state index in [1.54, 1.807) is 6.92 Å². The Balaban J connectivity index is 2.43. The molecule has 19 heavy (non-hydrogen) atoms. The zero-order valence-corrected chi connectivity index (χ0v) is 11.7. The van der Waals surface area contributed by atoms with Crippen molar-refractivity contribution in [2.45, 2.75) is 19.4 Å². The predicted molar refractivity (Wildman–Crippen MR) is 68.2 cm³/mol. The molecule has 9 heteroatoms. The summed E-state index contributed by atoms with van der Waals surface area (Å²) in [5.41, 5.74) is 0. The molecule has 0 saturated carbocycles. The molecule has 1 saturated heterocycles.